The molecule has 0 saturated heterocycles. The van der Waals surface area contributed by atoms with Gasteiger partial charge in [-0.3, -0.25) is 0 Å². The van der Waals surface area contributed by atoms with Gasteiger partial charge in [0.25, 0.3) is 0 Å². The molecule has 0 aliphatic rings. The quantitative estimate of drug-likeness (QED) is 0.793. The Morgan fingerprint density at radius 2 is 2.06 bits per heavy atom. The van der Waals surface area contributed by atoms with Crippen LogP contribution >= 0.6 is 15.9 Å². The summed E-state index contributed by atoms with van der Waals surface area (Å²) >= 11 is 3.52. The van der Waals surface area contributed by atoms with E-state index in [1.165, 1.54) is 12.8 Å². The van der Waals surface area contributed by atoms with E-state index in [9.17, 15) is 0 Å². The first-order chi connectivity index (χ1) is 7.52. The Kier molecular flexibility index (Phi) is 5.13. The van der Waals surface area contributed by atoms with Crippen LogP contribution in [0.3, 0.4) is 0 Å². The van der Waals surface area contributed by atoms with E-state index in [2.05, 4.69) is 42.0 Å². The molecule has 0 heterocycles. The van der Waals surface area contributed by atoms with Crippen molar-refractivity contribution in [3.05, 3.63) is 22.7 Å². The molecular formula is C13H21BrN2. The lowest BCUT2D eigenvalue weighted by atomic mass is 10.0. The molecule has 2 atom stereocenters. The molecule has 0 amide bonds. The Morgan fingerprint density at radius 1 is 1.38 bits per heavy atom. The van der Waals surface area contributed by atoms with Gasteiger partial charge in [-0.2, -0.15) is 0 Å². The molecular weight excluding hydrogens is 264 g/mol. The average Bonchev–Trinajstić information content (AvgIpc) is 2.22. The highest BCUT2D eigenvalue weighted by molar-refractivity contribution is 9.10. The Bertz CT molecular complexity index is 339. The standard InChI is InChI=1S/C13H21BrN2/c1-4-9(2)7-10(3)16-13-6-5-11(15)8-12(13)14/h5-6,8-10,16H,4,7,15H2,1-3H3. The molecule has 3 N–H and O–H groups in total. The van der Waals surface area contributed by atoms with Crippen molar-refractivity contribution in [3.8, 4) is 0 Å². The lowest BCUT2D eigenvalue weighted by Gasteiger charge is -2.19. The molecule has 0 aromatic heterocycles. The summed E-state index contributed by atoms with van der Waals surface area (Å²) in [5.41, 5.74) is 7.60. The van der Waals surface area contributed by atoms with Crippen molar-refractivity contribution in [2.75, 3.05) is 11.1 Å². The third-order valence-corrected chi connectivity index (χ3v) is 3.50. The second-order valence-electron chi connectivity index (χ2n) is 4.53. The van der Waals surface area contributed by atoms with E-state index < -0.39 is 0 Å². The number of benzene rings is 1. The van der Waals surface area contributed by atoms with Gasteiger partial charge in [-0.15, -0.1) is 0 Å². The van der Waals surface area contributed by atoms with Gasteiger partial charge in [0, 0.05) is 21.9 Å². The van der Waals surface area contributed by atoms with Gasteiger partial charge >= 0.3 is 0 Å². The second-order valence-corrected chi connectivity index (χ2v) is 5.39. The molecule has 2 nitrogen and oxygen atoms in total. The van der Waals surface area contributed by atoms with Crippen molar-refractivity contribution in [2.45, 2.75) is 39.7 Å². The van der Waals surface area contributed by atoms with Crippen LogP contribution in [0, 0.1) is 5.92 Å². The second kappa shape index (κ2) is 6.14. The van der Waals surface area contributed by atoms with Crippen molar-refractivity contribution in [2.24, 2.45) is 5.92 Å². The van der Waals surface area contributed by atoms with E-state index in [4.69, 9.17) is 5.73 Å². The molecule has 0 saturated carbocycles. The smallest absolute Gasteiger partial charge is 0.0488 e. The summed E-state index contributed by atoms with van der Waals surface area (Å²) in [6, 6.07) is 6.35. The summed E-state index contributed by atoms with van der Waals surface area (Å²) in [6.07, 6.45) is 2.42. The van der Waals surface area contributed by atoms with E-state index in [-0.39, 0.29) is 0 Å². The highest BCUT2D eigenvalue weighted by atomic mass is 79.9. The molecule has 0 bridgehead atoms. The summed E-state index contributed by atoms with van der Waals surface area (Å²) in [5.74, 6) is 0.759. The van der Waals surface area contributed by atoms with Crippen molar-refractivity contribution in [1.29, 1.82) is 0 Å². The number of rotatable bonds is 5. The molecule has 0 aliphatic heterocycles. The van der Waals surface area contributed by atoms with E-state index in [0.29, 0.717) is 6.04 Å². The summed E-state index contributed by atoms with van der Waals surface area (Å²) in [5, 5.41) is 3.50. The van der Waals surface area contributed by atoms with Crippen LogP contribution in [0.1, 0.15) is 33.6 Å². The van der Waals surface area contributed by atoms with Crippen molar-refractivity contribution < 1.29 is 0 Å². The minimum Gasteiger partial charge on any atom is -0.399 e. The first-order valence-electron chi connectivity index (χ1n) is 5.84. The SMILES string of the molecule is CCC(C)CC(C)Nc1ccc(N)cc1Br. The third-order valence-electron chi connectivity index (χ3n) is 2.85. The maximum absolute atomic E-state index is 5.70. The molecule has 3 heteroatoms. The largest absolute Gasteiger partial charge is 0.399 e. The van der Waals surface area contributed by atoms with Crippen LogP contribution in [-0.4, -0.2) is 6.04 Å². The van der Waals surface area contributed by atoms with Crippen LogP contribution in [0.25, 0.3) is 0 Å². The number of nitrogens with one attached hydrogen (secondary N) is 1. The van der Waals surface area contributed by atoms with Crippen molar-refractivity contribution in [3.63, 3.8) is 0 Å². The predicted molar refractivity (Wildman–Crippen MR) is 75.7 cm³/mol. The zero-order valence-corrected chi connectivity index (χ0v) is 11.8. The number of anilines is 2. The number of nitrogen functional groups attached to an aromatic ring is 1. The van der Waals surface area contributed by atoms with E-state index in [0.717, 1.165) is 21.8 Å². The minimum absolute atomic E-state index is 0.481. The molecule has 0 aliphatic carbocycles. The molecule has 2 unspecified atom stereocenters. The fourth-order valence-corrected chi connectivity index (χ4v) is 2.25. The highest BCUT2D eigenvalue weighted by Crippen LogP contribution is 2.26. The molecule has 1 rings (SSSR count). The molecule has 0 spiro atoms. The molecule has 0 radical (unpaired) electrons. The Balaban J connectivity index is 2.59. The number of hydrogen-bond acceptors (Lipinski definition) is 2. The van der Waals surface area contributed by atoms with Crippen LogP contribution in [0.2, 0.25) is 0 Å². The number of nitrogens with two attached hydrogens (primary N) is 1. The summed E-state index contributed by atoms with van der Waals surface area (Å²) in [4.78, 5) is 0. The van der Waals surface area contributed by atoms with Crippen molar-refractivity contribution in [1.82, 2.24) is 0 Å². The van der Waals surface area contributed by atoms with Gasteiger partial charge in [0.1, 0.15) is 0 Å². The highest BCUT2D eigenvalue weighted by Gasteiger charge is 2.08. The number of hydrogen-bond donors (Lipinski definition) is 2. The zero-order valence-electron chi connectivity index (χ0n) is 10.3. The van der Waals surface area contributed by atoms with Crippen LogP contribution in [-0.2, 0) is 0 Å². The van der Waals surface area contributed by atoms with Gasteiger partial charge in [-0.05, 0) is 53.4 Å². The average molecular weight is 285 g/mol. The van der Waals surface area contributed by atoms with Crippen LogP contribution in [0.5, 0.6) is 0 Å². The summed E-state index contributed by atoms with van der Waals surface area (Å²) in [6.45, 7) is 6.74. The normalized spacial score (nSPS) is 14.5. The van der Waals surface area contributed by atoms with Gasteiger partial charge in [0.15, 0.2) is 0 Å². The molecule has 90 valence electrons. The van der Waals surface area contributed by atoms with Crippen LogP contribution in [0.15, 0.2) is 22.7 Å². The fourth-order valence-electron chi connectivity index (χ4n) is 1.74. The molecule has 1 aromatic carbocycles. The van der Waals surface area contributed by atoms with E-state index in [1.807, 2.05) is 18.2 Å². The van der Waals surface area contributed by atoms with E-state index in [1.54, 1.807) is 0 Å². The summed E-state index contributed by atoms with van der Waals surface area (Å²) in [7, 11) is 0. The van der Waals surface area contributed by atoms with Gasteiger partial charge in [-0.25, -0.2) is 0 Å². The zero-order chi connectivity index (χ0) is 12.1. The van der Waals surface area contributed by atoms with Gasteiger partial charge in [0.2, 0.25) is 0 Å². The Labute approximate surface area is 107 Å². The van der Waals surface area contributed by atoms with Crippen molar-refractivity contribution >= 4 is 27.3 Å². The predicted octanol–water partition coefficient (Wildman–Crippen LogP) is 4.27. The first kappa shape index (κ1) is 13.4. The lowest BCUT2D eigenvalue weighted by molar-refractivity contribution is 0.484. The van der Waals surface area contributed by atoms with Crippen LogP contribution < -0.4 is 11.1 Å². The minimum atomic E-state index is 0.481. The van der Waals surface area contributed by atoms with E-state index >= 15 is 0 Å². The molecule has 0 fully saturated rings. The Hall–Kier alpha value is -0.700. The summed E-state index contributed by atoms with van der Waals surface area (Å²) < 4.78 is 1.03. The van der Waals surface area contributed by atoms with Gasteiger partial charge in [0.05, 0.1) is 0 Å². The van der Waals surface area contributed by atoms with Gasteiger partial charge < -0.3 is 11.1 Å². The third kappa shape index (κ3) is 4.05. The Morgan fingerprint density at radius 3 is 2.62 bits per heavy atom. The molecule has 16 heavy (non-hydrogen) atoms. The topological polar surface area (TPSA) is 38.0 Å². The number of halogens is 1. The fraction of sp³-hybridized carbons (Fsp3) is 0.538. The first-order valence-corrected chi connectivity index (χ1v) is 6.63. The van der Waals surface area contributed by atoms with Gasteiger partial charge in [-0.1, -0.05) is 20.3 Å². The van der Waals surface area contributed by atoms with Crippen LogP contribution in [0.4, 0.5) is 11.4 Å². The monoisotopic (exact) mass is 284 g/mol. The lowest BCUT2D eigenvalue weighted by Crippen LogP contribution is -2.18. The molecule has 1 aromatic rings. The maximum atomic E-state index is 5.70. The maximum Gasteiger partial charge on any atom is 0.0488 e.